The molecule has 5 heteroatoms. The van der Waals surface area contributed by atoms with Gasteiger partial charge in [-0.1, -0.05) is 12.2 Å². The van der Waals surface area contributed by atoms with Crippen LogP contribution >= 0.6 is 11.6 Å². The van der Waals surface area contributed by atoms with Crippen LogP contribution in [0.5, 0.6) is 0 Å². The lowest BCUT2D eigenvalue weighted by molar-refractivity contribution is 0.868. The molecule has 19 heavy (non-hydrogen) atoms. The van der Waals surface area contributed by atoms with Crippen molar-refractivity contribution in [2.45, 2.75) is 18.3 Å². The average molecular weight is 275 g/mol. The number of hydrogen-bond donors (Lipinski definition) is 1. The number of fused-ring (bicyclic) bond motifs is 1. The Kier molecular flexibility index (Phi) is 3.12. The van der Waals surface area contributed by atoms with Gasteiger partial charge in [0.15, 0.2) is 0 Å². The molecule has 1 unspecified atom stereocenters. The highest BCUT2D eigenvalue weighted by Gasteiger charge is 2.20. The van der Waals surface area contributed by atoms with E-state index in [9.17, 15) is 0 Å². The quantitative estimate of drug-likeness (QED) is 0.857. The molecule has 98 valence electrons. The number of pyridine rings is 1. The Labute approximate surface area is 116 Å². The first kappa shape index (κ1) is 12.4. The van der Waals surface area contributed by atoms with Crippen molar-refractivity contribution in [2.75, 3.05) is 0 Å². The first-order valence-electron chi connectivity index (χ1n) is 6.22. The highest BCUT2D eigenvalue weighted by Crippen LogP contribution is 2.34. The summed E-state index contributed by atoms with van der Waals surface area (Å²) < 4.78 is 1.94. The first-order valence-corrected chi connectivity index (χ1v) is 6.65. The number of imidazole rings is 1. The first-order chi connectivity index (χ1) is 9.20. The molecule has 0 amide bonds. The maximum Gasteiger partial charge on any atom is 0.0948 e. The summed E-state index contributed by atoms with van der Waals surface area (Å²) in [6.07, 6.45) is 8.51. The van der Waals surface area contributed by atoms with Crippen molar-refractivity contribution < 1.29 is 0 Å². The number of aryl methyl sites for hydroxylation is 1. The van der Waals surface area contributed by atoms with Crippen LogP contribution < -0.4 is 5.73 Å². The Balaban J connectivity index is 2.22. The van der Waals surface area contributed by atoms with Gasteiger partial charge in [-0.25, -0.2) is 9.97 Å². The largest absolute Gasteiger partial charge is 0.332 e. The van der Waals surface area contributed by atoms with Crippen LogP contribution in [-0.4, -0.2) is 14.5 Å². The summed E-state index contributed by atoms with van der Waals surface area (Å²) in [6, 6.07) is 2.08. The molecule has 0 radical (unpaired) electrons. The fourth-order valence-electron chi connectivity index (χ4n) is 2.36. The van der Waals surface area contributed by atoms with Crippen LogP contribution in [0.1, 0.15) is 28.6 Å². The van der Waals surface area contributed by atoms with Crippen LogP contribution in [0.25, 0.3) is 17.5 Å². The fraction of sp³-hybridized carbons (Fsp3) is 0.286. The highest BCUT2D eigenvalue weighted by atomic mass is 35.5. The molecular formula is C14H15ClN4. The Morgan fingerprint density at radius 1 is 1.53 bits per heavy atom. The minimum atomic E-state index is -0.0706. The molecule has 0 spiro atoms. The van der Waals surface area contributed by atoms with Crippen LogP contribution in [0, 0.1) is 0 Å². The van der Waals surface area contributed by atoms with Gasteiger partial charge in [0.1, 0.15) is 0 Å². The third-order valence-corrected chi connectivity index (χ3v) is 3.76. The van der Waals surface area contributed by atoms with E-state index in [2.05, 4.69) is 23.2 Å². The third kappa shape index (κ3) is 2.07. The minimum absolute atomic E-state index is 0.0706. The zero-order chi connectivity index (χ0) is 13.4. The number of nitrogens with zero attached hydrogens (tertiary/aromatic N) is 3. The monoisotopic (exact) mass is 274 g/mol. The van der Waals surface area contributed by atoms with Crippen molar-refractivity contribution in [3.63, 3.8) is 0 Å². The van der Waals surface area contributed by atoms with Crippen molar-refractivity contribution in [3.8, 4) is 11.4 Å². The molecule has 1 aliphatic carbocycles. The van der Waals surface area contributed by atoms with Crippen molar-refractivity contribution in [1.29, 1.82) is 0 Å². The predicted octanol–water partition coefficient (Wildman–Crippen LogP) is 2.64. The van der Waals surface area contributed by atoms with Gasteiger partial charge in [-0.15, -0.1) is 11.6 Å². The second-order valence-electron chi connectivity index (χ2n) is 4.67. The molecule has 2 heterocycles. The van der Waals surface area contributed by atoms with Gasteiger partial charge in [-0.2, -0.15) is 0 Å². The van der Waals surface area contributed by atoms with Crippen LogP contribution in [0.3, 0.4) is 0 Å². The Bertz CT molecular complexity index is 645. The molecule has 3 rings (SSSR count). The van der Waals surface area contributed by atoms with Gasteiger partial charge in [0, 0.05) is 13.6 Å². The van der Waals surface area contributed by atoms with Crippen molar-refractivity contribution in [1.82, 2.24) is 14.5 Å². The normalized spacial score (nSPS) is 17.5. The number of halogens is 1. The van der Waals surface area contributed by atoms with Crippen molar-refractivity contribution >= 4 is 17.7 Å². The maximum absolute atomic E-state index is 6.35. The lowest BCUT2D eigenvalue weighted by Gasteiger charge is -2.18. The van der Waals surface area contributed by atoms with Crippen LogP contribution in [-0.2, 0) is 13.6 Å². The summed E-state index contributed by atoms with van der Waals surface area (Å²) >= 11 is 6.35. The zero-order valence-electron chi connectivity index (χ0n) is 10.7. The molecule has 2 aromatic rings. The van der Waals surface area contributed by atoms with Gasteiger partial charge < -0.3 is 10.3 Å². The number of aromatic nitrogens is 3. The van der Waals surface area contributed by atoms with Crippen molar-refractivity contribution in [2.24, 2.45) is 12.8 Å². The SMILES string of the molecule is Cn1cncc1-c1nc2c(cc1CN)C=CCC2Cl. The van der Waals surface area contributed by atoms with E-state index in [1.54, 1.807) is 12.5 Å². The molecule has 1 aliphatic rings. The summed E-state index contributed by atoms with van der Waals surface area (Å²) in [5.41, 5.74) is 10.7. The van der Waals surface area contributed by atoms with Crippen LogP contribution in [0.2, 0.25) is 0 Å². The van der Waals surface area contributed by atoms with Gasteiger partial charge in [-0.05, 0) is 23.6 Å². The van der Waals surface area contributed by atoms with Crippen LogP contribution in [0.4, 0.5) is 0 Å². The number of rotatable bonds is 2. The molecule has 2 aromatic heterocycles. The van der Waals surface area contributed by atoms with E-state index < -0.39 is 0 Å². The second-order valence-corrected chi connectivity index (χ2v) is 5.20. The van der Waals surface area contributed by atoms with E-state index in [1.165, 1.54) is 0 Å². The van der Waals surface area contributed by atoms with Gasteiger partial charge >= 0.3 is 0 Å². The summed E-state index contributed by atoms with van der Waals surface area (Å²) in [7, 11) is 1.95. The van der Waals surface area contributed by atoms with Gasteiger partial charge in [-0.3, -0.25) is 0 Å². The van der Waals surface area contributed by atoms with Gasteiger partial charge in [0.05, 0.1) is 35.0 Å². The summed E-state index contributed by atoms with van der Waals surface area (Å²) in [6.45, 7) is 0.446. The Morgan fingerprint density at radius 2 is 2.37 bits per heavy atom. The number of hydrogen-bond acceptors (Lipinski definition) is 3. The molecule has 2 N–H and O–H groups in total. The number of allylic oxidation sites excluding steroid dienone is 1. The lowest BCUT2D eigenvalue weighted by atomic mass is 9.98. The van der Waals surface area contributed by atoms with Gasteiger partial charge in [0.2, 0.25) is 0 Å². The summed E-state index contributed by atoms with van der Waals surface area (Å²) in [4.78, 5) is 8.88. The molecule has 1 atom stereocenters. The molecule has 0 aliphatic heterocycles. The Morgan fingerprint density at radius 3 is 3.05 bits per heavy atom. The fourth-order valence-corrected chi connectivity index (χ4v) is 2.64. The highest BCUT2D eigenvalue weighted by molar-refractivity contribution is 6.21. The van der Waals surface area contributed by atoms with Gasteiger partial charge in [0.25, 0.3) is 0 Å². The molecule has 0 aromatic carbocycles. The van der Waals surface area contributed by atoms with E-state index in [1.807, 2.05) is 11.6 Å². The van der Waals surface area contributed by atoms with E-state index in [0.29, 0.717) is 6.54 Å². The zero-order valence-corrected chi connectivity index (χ0v) is 11.4. The van der Waals surface area contributed by atoms with Crippen molar-refractivity contribution in [3.05, 3.63) is 41.5 Å². The summed E-state index contributed by atoms with van der Waals surface area (Å²) in [5, 5.41) is -0.0706. The summed E-state index contributed by atoms with van der Waals surface area (Å²) in [5.74, 6) is 0. The van der Waals surface area contributed by atoms with E-state index in [0.717, 1.165) is 34.6 Å². The van der Waals surface area contributed by atoms with E-state index in [4.69, 9.17) is 22.3 Å². The molecule has 0 bridgehead atoms. The molecule has 4 nitrogen and oxygen atoms in total. The van der Waals surface area contributed by atoms with Crippen LogP contribution in [0.15, 0.2) is 24.7 Å². The number of alkyl halides is 1. The topological polar surface area (TPSA) is 56.7 Å². The molecule has 0 saturated heterocycles. The Hall–Kier alpha value is -1.65. The average Bonchev–Trinajstić information content (AvgIpc) is 2.84. The van der Waals surface area contributed by atoms with E-state index in [-0.39, 0.29) is 5.38 Å². The lowest BCUT2D eigenvalue weighted by Crippen LogP contribution is -2.09. The van der Waals surface area contributed by atoms with E-state index >= 15 is 0 Å². The standard InChI is InChI=1S/C14H15ClN4/c1-19-8-17-7-12(19)14-10(6-16)5-9-3-2-4-11(15)13(9)18-14/h2-3,5,7-8,11H,4,6,16H2,1H3. The molecule has 0 saturated carbocycles. The predicted molar refractivity (Wildman–Crippen MR) is 76.6 cm³/mol. The second kappa shape index (κ2) is 4.79. The smallest absolute Gasteiger partial charge is 0.0948 e. The third-order valence-electron chi connectivity index (χ3n) is 3.38. The number of nitrogens with two attached hydrogens (primary N) is 1. The molecular weight excluding hydrogens is 260 g/mol. The maximum atomic E-state index is 6.35. The minimum Gasteiger partial charge on any atom is -0.332 e. The molecule has 0 fully saturated rings.